The molecule has 0 spiro atoms. The molecular weight excluding hydrogens is 372 g/mol. The molecule has 2 aliphatic rings. The van der Waals surface area contributed by atoms with E-state index in [4.69, 9.17) is 9.47 Å². The van der Waals surface area contributed by atoms with Gasteiger partial charge in [-0.1, -0.05) is 30.3 Å². The van der Waals surface area contributed by atoms with Gasteiger partial charge in [0.25, 0.3) is 0 Å². The highest BCUT2D eigenvalue weighted by Crippen LogP contribution is 2.16. The molecule has 1 amide bonds. The lowest BCUT2D eigenvalue weighted by Crippen LogP contribution is -2.43. The molecule has 2 aliphatic heterocycles. The first-order valence-electron chi connectivity index (χ1n) is 10.3. The number of amides is 1. The van der Waals surface area contributed by atoms with E-state index in [2.05, 4.69) is 32.6 Å². The average molecular weight is 400 g/mol. The van der Waals surface area contributed by atoms with Crippen LogP contribution in [0.3, 0.4) is 0 Å². The lowest BCUT2D eigenvalue weighted by molar-refractivity contribution is -0.135. The van der Waals surface area contributed by atoms with Gasteiger partial charge < -0.3 is 14.4 Å². The Morgan fingerprint density at radius 1 is 1.10 bits per heavy atom. The summed E-state index contributed by atoms with van der Waals surface area (Å²) < 4.78 is 13.0. The van der Waals surface area contributed by atoms with Crippen LogP contribution in [-0.2, 0) is 34.0 Å². The summed E-state index contributed by atoms with van der Waals surface area (Å²) in [5.74, 6) is 0.781. The lowest BCUT2D eigenvalue weighted by Gasteiger charge is -2.32. The van der Waals surface area contributed by atoms with Gasteiger partial charge >= 0.3 is 0 Å². The molecule has 1 aromatic carbocycles. The van der Waals surface area contributed by atoms with Crippen molar-refractivity contribution in [3.63, 3.8) is 0 Å². The number of nitrogens with zero attached hydrogens (tertiary/aromatic N) is 6. The topological polar surface area (TPSA) is 85.6 Å². The summed E-state index contributed by atoms with van der Waals surface area (Å²) in [6, 6.07) is 10.2. The summed E-state index contributed by atoms with van der Waals surface area (Å²) in [5.41, 5.74) is 1.18. The molecule has 0 radical (unpaired) electrons. The Morgan fingerprint density at radius 3 is 2.62 bits per heavy atom. The van der Waals surface area contributed by atoms with Gasteiger partial charge in [-0.05, 0) is 28.8 Å². The Bertz CT molecular complexity index is 770. The summed E-state index contributed by atoms with van der Waals surface area (Å²) in [7, 11) is 0. The van der Waals surface area contributed by atoms with E-state index in [1.807, 2.05) is 23.1 Å². The molecular formula is C20H28N6O3. The first-order chi connectivity index (χ1) is 14.3. The molecule has 2 fully saturated rings. The molecule has 0 saturated carbocycles. The zero-order chi connectivity index (χ0) is 19.9. The fourth-order valence-electron chi connectivity index (χ4n) is 3.71. The second-order valence-electron chi connectivity index (χ2n) is 7.52. The molecule has 29 heavy (non-hydrogen) atoms. The molecule has 1 aromatic heterocycles. The maximum absolute atomic E-state index is 12.7. The minimum atomic E-state index is 0.0574. The van der Waals surface area contributed by atoms with Gasteiger partial charge in [-0.2, -0.15) is 0 Å². The van der Waals surface area contributed by atoms with Gasteiger partial charge in [0.2, 0.25) is 5.91 Å². The number of ether oxygens (including phenoxy) is 2. The van der Waals surface area contributed by atoms with Crippen molar-refractivity contribution in [1.82, 2.24) is 30.0 Å². The number of aromatic nitrogens is 4. The second-order valence-corrected chi connectivity index (χ2v) is 7.52. The van der Waals surface area contributed by atoms with Gasteiger partial charge in [0.15, 0.2) is 5.82 Å². The summed E-state index contributed by atoms with van der Waals surface area (Å²) >= 11 is 0. The van der Waals surface area contributed by atoms with E-state index in [1.165, 1.54) is 5.56 Å². The number of hydrogen-bond donors (Lipinski definition) is 0. The summed E-state index contributed by atoms with van der Waals surface area (Å²) in [6.07, 6.45) is 1.91. The highest BCUT2D eigenvalue weighted by molar-refractivity contribution is 5.76. The van der Waals surface area contributed by atoms with Gasteiger partial charge in [-0.15, -0.1) is 5.10 Å². The predicted molar refractivity (Wildman–Crippen MR) is 105 cm³/mol. The van der Waals surface area contributed by atoms with Crippen LogP contribution in [-0.4, -0.2) is 81.4 Å². The Balaban J connectivity index is 1.22. The van der Waals surface area contributed by atoms with Crippen molar-refractivity contribution in [2.24, 2.45) is 0 Å². The van der Waals surface area contributed by atoms with Crippen LogP contribution in [0.25, 0.3) is 0 Å². The van der Waals surface area contributed by atoms with Gasteiger partial charge in [0.05, 0.1) is 32.5 Å². The zero-order valence-electron chi connectivity index (χ0n) is 16.7. The van der Waals surface area contributed by atoms with Gasteiger partial charge in [-0.3, -0.25) is 9.69 Å². The molecule has 0 unspecified atom stereocenters. The van der Waals surface area contributed by atoms with Crippen molar-refractivity contribution >= 4 is 5.91 Å². The van der Waals surface area contributed by atoms with Crippen molar-refractivity contribution in [3.8, 4) is 0 Å². The molecule has 0 N–H and O–H groups in total. The van der Waals surface area contributed by atoms with Crippen LogP contribution in [0.2, 0.25) is 0 Å². The third kappa shape index (κ3) is 5.59. The fraction of sp³-hybridized carbons (Fsp3) is 0.600. The molecule has 2 aromatic rings. The number of benzene rings is 1. The molecule has 9 heteroatoms. The SMILES string of the molecule is O=C(Cn1nnnc1CN1CCOCC1)N1CCC(OCc2ccccc2)CC1. The summed E-state index contributed by atoms with van der Waals surface area (Å²) in [5, 5.41) is 11.9. The number of morpholine rings is 1. The second kappa shape index (κ2) is 9.91. The monoisotopic (exact) mass is 400 g/mol. The minimum Gasteiger partial charge on any atom is -0.379 e. The van der Waals surface area contributed by atoms with Crippen molar-refractivity contribution in [2.75, 3.05) is 39.4 Å². The zero-order valence-corrected chi connectivity index (χ0v) is 16.7. The smallest absolute Gasteiger partial charge is 0.244 e. The van der Waals surface area contributed by atoms with Crippen molar-refractivity contribution in [1.29, 1.82) is 0 Å². The number of tetrazole rings is 1. The Hall–Kier alpha value is -2.36. The van der Waals surface area contributed by atoms with E-state index >= 15 is 0 Å². The Morgan fingerprint density at radius 2 is 1.86 bits per heavy atom. The minimum absolute atomic E-state index is 0.0574. The first-order valence-corrected chi connectivity index (χ1v) is 10.3. The van der Waals surface area contributed by atoms with Crippen molar-refractivity contribution in [3.05, 3.63) is 41.7 Å². The van der Waals surface area contributed by atoms with Gasteiger partial charge in [0, 0.05) is 26.2 Å². The number of piperidine rings is 1. The summed E-state index contributed by atoms with van der Waals surface area (Å²) in [6.45, 7) is 6.02. The fourth-order valence-corrected chi connectivity index (χ4v) is 3.71. The van der Waals surface area contributed by atoms with Crippen LogP contribution in [0.5, 0.6) is 0 Å². The average Bonchev–Trinajstić information content (AvgIpc) is 3.20. The van der Waals surface area contributed by atoms with Crippen LogP contribution in [0.4, 0.5) is 0 Å². The van der Waals surface area contributed by atoms with E-state index in [1.54, 1.807) is 4.68 Å². The number of hydrogen-bond acceptors (Lipinski definition) is 7. The third-order valence-electron chi connectivity index (χ3n) is 5.48. The Kier molecular flexibility index (Phi) is 6.81. The molecule has 3 heterocycles. The molecule has 0 bridgehead atoms. The predicted octanol–water partition coefficient (Wildman–Crippen LogP) is 0.713. The maximum atomic E-state index is 12.7. The largest absolute Gasteiger partial charge is 0.379 e. The molecule has 2 saturated heterocycles. The summed E-state index contributed by atoms with van der Waals surface area (Å²) in [4.78, 5) is 16.9. The maximum Gasteiger partial charge on any atom is 0.244 e. The lowest BCUT2D eigenvalue weighted by atomic mass is 10.1. The number of carbonyl (C=O) groups is 1. The van der Waals surface area contributed by atoms with Crippen LogP contribution in [0, 0.1) is 0 Å². The van der Waals surface area contributed by atoms with Crippen LogP contribution in [0.15, 0.2) is 30.3 Å². The number of carbonyl (C=O) groups excluding carboxylic acids is 1. The molecule has 156 valence electrons. The van der Waals surface area contributed by atoms with Crippen molar-refractivity contribution < 1.29 is 14.3 Å². The molecule has 0 atom stereocenters. The van der Waals surface area contributed by atoms with E-state index in [-0.39, 0.29) is 18.6 Å². The third-order valence-corrected chi connectivity index (χ3v) is 5.48. The van der Waals surface area contributed by atoms with Crippen LogP contribution < -0.4 is 0 Å². The standard InChI is InChI=1S/C20H28N6O3/c27-20(15-26-19(21-22-23-26)14-24-10-12-28-13-11-24)25-8-6-18(7-9-25)29-16-17-4-2-1-3-5-17/h1-5,18H,6-16H2. The molecule has 9 nitrogen and oxygen atoms in total. The van der Waals surface area contributed by atoms with E-state index in [0.717, 1.165) is 45.0 Å². The van der Waals surface area contributed by atoms with E-state index in [0.29, 0.717) is 26.2 Å². The first kappa shape index (κ1) is 19.9. The Labute approximate surface area is 170 Å². The van der Waals surface area contributed by atoms with E-state index < -0.39 is 0 Å². The quantitative estimate of drug-likeness (QED) is 0.677. The van der Waals surface area contributed by atoms with E-state index in [9.17, 15) is 4.79 Å². The number of likely N-dealkylation sites (tertiary alicyclic amines) is 1. The van der Waals surface area contributed by atoms with Gasteiger partial charge in [0.1, 0.15) is 6.54 Å². The normalized spacial score (nSPS) is 18.8. The highest BCUT2D eigenvalue weighted by Gasteiger charge is 2.25. The molecule has 4 rings (SSSR count). The van der Waals surface area contributed by atoms with Crippen molar-refractivity contribution in [2.45, 2.75) is 38.6 Å². The van der Waals surface area contributed by atoms with Crippen LogP contribution in [0.1, 0.15) is 24.2 Å². The van der Waals surface area contributed by atoms with Crippen LogP contribution >= 0.6 is 0 Å². The molecule has 0 aliphatic carbocycles. The highest BCUT2D eigenvalue weighted by atomic mass is 16.5. The number of rotatable bonds is 7. The van der Waals surface area contributed by atoms with Gasteiger partial charge in [-0.25, -0.2) is 4.68 Å².